The maximum absolute atomic E-state index is 12.8. The third-order valence-corrected chi connectivity index (χ3v) is 12.5. The van der Waals surface area contributed by atoms with Gasteiger partial charge in [0, 0.05) is 12.8 Å². The highest BCUT2D eigenvalue weighted by atomic mass is 31.2. The van der Waals surface area contributed by atoms with Crippen LogP contribution in [0.15, 0.2) is 48.6 Å². The fourth-order valence-electron chi connectivity index (χ4n) is 7.12. The molecule has 1 aliphatic carbocycles. The molecule has 5 unspecified atom stereocenters. The summed E-state index contributed by atoms with van der Waals surface area (Å²) in [5.74, 6) is -1.01. The molecule has 0 amide bonds. The van der Waals surface area contributed by atoms with E-state index >= 15 is 0 Å². The first-order chi connectivity index (χ1) is 32.5. The molecule has 18 nitrogen and oxygen atoms in total. The van der Waals surface area contributed by atoms with Crippen molar-refractivity contribution in [1.29, 1.82) is 0 Å². The van der Waals surface area contributed by atoms with Gasteiger partial charge >= 0.3 is 27.6 Å². The molecular weight excluding hydrogens is 926 g/mol. The van der Waals surface area contributed by atoms with E-state index in [-0.39, 0.29) is 26.1 Å². The molecule has 0 aromatic carbocycles. The number of aliphatic hydroxyl groups excluding tert-OH is 5. The van der Waals surface area contributed by atoms with Crippen LogP contribution >= 0.6 is 15.6 Å². The van der Waals surface area contributed by atoms with E-state index in [2.05, 4.69) is 67.0 Å². The number of hydrogen-bond donors (Lipinski definition) is 8. The molecule has 0 aromatic heterocycles. The first-order valence-corrected chi connectivity index (χ1v) is 27.9. The molecule has 1 fully saturated rings. The number of rotatable bonds is 42. The number of aliphatic hydroxyl groups is 5. The van der Waals surface area contributed by atoms with Crippen LogP contribution in [-0.2, 0) is 46.5 Å². The summed E-state index contributed by atoms with van der Waals surface area (Å²) in [4.78, 5) is 53.8. The van der Waals surface area contributed by atoms with Gasteiger partial charge in [-0.25, -0.2) is 9.13 Å². The number of carbonyl (C=O) groups is 2. The van der Waals surface area contributed by atoms with E-state index in [0.29, 0.717) is 12.8 Å². The number of unbranched alkanes of at least 4 members (excludes halogenated alkanes) is 16. The molecule has 1 rings (SSSR count). The van der Waals surface area contributed by atoms with E-state index in [4.69, 9.17) is 33.0 Å². The van der Waals surface area contributed by atoms with E-state index < -0.39 is 89.6 Å². The second kappa shape index (κ2) is 39.5. The Balaban J connectivity index is 2.60. The van der Waals surface area contributed by atoms with Crippen LogP contribution in [0, 0.1) is 0 Å². The number of ether oxygens (including phenoxy) is 3. The van der Waals surface area contributed by atoms with Gasteiger partial charge < -0.3 is 54.4 Å². The quantitative estimate of drug-likeness (QED) is 0.0125. The normalized spacial score (nSPS) is 22.1. The minimum atomic E-state index is -5.36. The van der Waals surface area contributed by atoms with Crippen LogP contribution in [0.3, 0.4) is 0 Å². The van der Waals surface area contributed by atoms with E-state index in [0.717, 1.165) is 70.6 Å². The molecule has 20 heteroatoms. The molecular formula is C48H86O18P2. The Labute approximate surface area is 405 Å². The third-order valence-electron chi connectivity index (χ3n) is 11.0. The van der Waals surface area contributed by atoms with Crippen LogP contribution in [0.25, 0.3) is 0 Å². The number of carbonyl (C=O) groups excluding carboxylic acids is 2. The highest BCUT2D eigenvalue weighted by molar-refractivity contribution is 7.47. The van der Waals surface area contributed by atoms with Crippen molar-refractivity contribution in [2.45, 2.75) is 217 Å². The first kappa shape index (κ1) is 63.9. The zero-order valence-corrected chi connectivity index (χ0v) is 42.4. The monoisotopic (exact) mass is 1010 g/mol. The van der Waals surface area contributed by atoms with E-state index in [1.54, 1.807) is 0 Å². The largest absolute Gasteiger partial charge is 0.472 e. The topological polar surface area (TPSA) is 285 Å². The molecule has 8 N–H and O–H groups in total. The van der Waals surface area contributed by atoms with Crippen LogP contribution in [0.1, 0.15) is 168 Å². The van der Waals surface area contributed by atoms with Gasteiger partial charge in [-0.2, -0.15) is 0 Å². The smallest absolute Gasteiger partial charge is 0.462 e. The van der Waals surface area contributed by atoms with Gasteiger partial charge in [-0.15, -0.1) is 0 Å². The third kappa shape index (κ3) is 33.5. The molecule has 396 valence electrons. The molecule has 0 heterocycles. The summed E-state index contributed by atoms with van der Waals surface area (Å²) in [6.07, 6.45) is 24.7. The molecule has 9 atom stereocenters. The van der Waals surface area contributed by atoms with Crippen molar-refractivity contribution < 1.29 is 86.7 Å². The van der Waals surface area contributed by atoms with Crippen LogP contribution in [0.5, 0.6) is 0 Å². The average molecular weight is 1010 g/mol. The van der Waals surface area contributed by atoms with Crippen molar-refractivity contribution in [2.75, 3.05) is 26.4 Å². The van der Waals surface area contributed by atoms with Crippen molar-refractivity contribution in [3.8, 4) is 0 Å². The Bertz CT molecular complexity index is 1520. The van der Waals surface area contributed by atoms with Gasteiger partial charge in [-0.1, -0.05) is 127 Å². The number of phosphoric acid groups is 2. The molecule has 0 aromatic rings. The molecule has 1 aliphatic rings. The lowest BCUT2D eigenvalue weighted by atomic mass is 9.85. The lowest BCUT2D eigenvalue weighted by molar-refractivity contribution is -0.216. The van der Waals surface area contributed by atoms with Gasteiger partial charge in [-0.3, -0.25) is 23.2 Å². The molecule has 0 spiro atoms. The molecule has 0 aliphatic heterocycles. The van der Waals surface area contributed by atoms with E-state index in [1.807, 2.05) is 0 Å². The molecule has 1 saturated carbocycles. The maximum Gasteiger partial charge on any atom is 0.472 e. The van der Waals surface area contributed by atoms with Crippen LogP contribution in [0.2, 0.25) is 0 Å². The van der Waals surface area contributed by atoms with Crippen molar-refractivity contribution in [3.05, 3.63) is 48.6 Å². The summed E-state index contributed by atoms with van der Waals surface area (Å²) in [7, 11) is -10.6. The summed E-state index contributed by atoms with van der Waals surface area (Å²) >= 11 is 0. The zero-order chi connectivity index (χ0) is 50.5. The maximum atomic E-state index is 12.8. The molecule has 0 saturated heterocycles. The molecule has 68 heavy (non-hydrogen) atoms. The Morgan fingerprint density at radius 1 is 0.515 bits per heavy atom. The van der Waals surface area contributed by atoms with Gasteiger partial charge in [0.1, 0.15) is 49.3 Å². The molecule has 0 bridgehead atoms. The number of allylic oxidation sites excluding steroid dienone is 8. The lowest BCUT2D eigenvalue weighted by Gasteiger charge is -2.43. The predicted octanol–water partition coefficient (Wildman–Crippen LogP) is 7.88. The SMILES string of the molecule is CCCCCC=CCC=CCC=CCCCCC(=O)OC[C@H](COC[C@@H](O)COP(=O)(O)O[C@H]1C(O)C(O)C(O)[C@@H](OP(=O)(O)O)C1O)OC(=O)CCCCCCCC=CCCCCCCCC. The summed E-state index contributed by atoms with van der Waals surface area (Å²) in [6.45, 7) is 2.32. The van der Waals surface area contributed by atoms with Gasteiger partial charge in [0.05, 0.1) is 19.8 Å². The summed E-state index contributed by atoms with van der Waals surface area (Å²) in [5.41, 5.74) is 0. The lowest BCUT2D eigenvalue weighted by Crippen LogP contribution is -2.64. The fraction of sp³-hybridized carbons (Fsp3) is 0.792. The average Bonchev–Trinajstić information content (AvgIpc) is 3.29. The number of hydrogen-bond acceptors (Lipinski definition) is 15. The molecule has 0 radical (unpaired) electrons. The summed E-state index contributed by atoms with van der Waals surface area (Å²) in [5, 5.41) is 51.2. The Morgan fingerprint density at radius 3 is 1.53 bits per heavy atom. The summed E-state index contributed by atoms with van der Waals surface area (Å²) < 4.78 is 54.2. The summed E-state index contributed by atoms with van der Waals surface area (Å²) in [6, 6.07) is 0. The van der Waals surface area contributed by atoms with Gasteiger partial charge in [0.15, 0.2) is 6.10 Å². The minimum Gasteiger partial charge on any atom is -0.462 e. The van der Waals surface area contributed by atoms with Crippen LogP contribution < -0.4 is 0 Å². The Morgan fingerprint density at radius 2 is 0.956 bits per heavy atom. The Hall–Kier alpha value is -2.12. The van der Waals surface area contributed by atoms with E-state index in [9.17, 15) is 49.1 Å². The minimum absolute atomic E-state index is 0.136. The van der Waals surface area contributed by atoms with E-state index in [1.165, 1.54) is 57.8 Å². The highest BCUT2D eigenvalue weighted by Gasteiger charge is 2.54. The van der Waals surface area contributed by atoms with Gasteiger partial charge in [-0.05, 0) is 77.0 Å². The first-order valence-electron chi connectivity index (χ1n) is 24.8. The standard InChI is InChI=1S/C48H86O18P2/c1-3-5-7-9-11-13-15-17-19-21-23-25-27-29-31-33-41(50)62-38-40(64-42(51)34-32-30-28-26-24-22-20-18-16-14-12-10-8-6-4-2)37-61-35-39(49)36-63-68(59,60)66-48-45(54)43(52)44(53)47(46(48)55)65-67(56,57)58/h11,13,17-20,23,25,39-40,43-49,52-55H,3-10,12,14-16,21-22,24,26-38H2,1-2H3,(H,59,60)(H2,56,57,58)/t39-,40+,43?,44?,45?,46?,47-,48+/m1/s1. The van der Waals surface area contributed by atoms with Crippen LogP contribution in [0.4, 0.5) is 0 Å². The van der Waals surface area contributed by atoms with Crippen LogP contribution in [-0.4, -0.2) is 127 Å². The second-order valence-corrected chi connectivity index (χ2v) is 19.9. The van der Waals surface area contributed by atoms with Crippen molar-refractivity contribution in [2.24, 2.45) is 0 Å². The van der Waals surface area contributed by atoms with Gasteiger partial charge in [0.2, 0.25) is 0 Å². The highest BCUT2D eigenvalue weighted by Crippen LogP contribution is 2.48. The van der Waals surface area contributed by atoms with Gasteiger partial charge in [0.25, 0.3) is 0 Å². The fourth-order valence-corrected chi connectivity index (χ4v) is 8.66. The number of phosphoric ester groups is 2. The zero-order valence-electron chi connectivity index (χ0n) is 40.6. The van der Waals surface area contributed by atoms with Crippen molar-refractivity contribution >= 4 is 27.6 Å². The number of esters is 2. The van der Waals surface area contributed by atoms with Crippen molar-refractivity contribution in [3.63, 3.8) is 0 Å². The Kier molecular flexibility index (Phi) is 37.1. The van der Waals surface area contributed by atoms with Crippen molar-refractivity contribution in [1.82, 2.24) is 0 Å². The predicted molar refractivity (Wildman–Crippen MR) is 258 cm³/mol. The second-order valence-electron chi connectivity index (χ2n) is 17.3.